The second kappa shape index (κ2) is 8.28. The Hall–Kier alpha value is -2.64. The van der Waals surface area contributed by atoms with Crippen LogP contribution in [0, 0.1) is 16.0 Å². The number of amides is 2. The van der Waals surface area contributed by atoms with Crippen LogP contribution in [-0.4, -0.2) is 48.4 Å². The van der Waals surface area contributed by atoms with Gasteiger partial charge in [-0.3, -0.25) is 19.7 Å². The summed E-state index contributed by atoms with van der Waals surface area (Å²) in [6.07, 6.45) is 1.68. The second-order valence-electron chi connectivity index (χ2n) is 5.62. The van der Waals surface area contributed by atoms with Crippen LogP contribution in [0.1, 0.15) is 19.3 Å². The van der Waals surface area contributed by atoms with Gasteiger partial charge >= 0.3 is 5.69 Å². The fourth-order valence-electron chi connectivity index (χ4n) is 2.76. The van der Waals surface area contributed by atoms with Crippen LogP contribution in [0.2, 0.25) is 0 Å². The lowest BCUT2D eigenvalue weighted by Gasteiger charge is -2.31. The van der Waals surface area contributed by atoms with E-state index in [-0.39, 0.29) is 42.2 Å². The van der Waals surface area contributed by atoms with E-state index in [0.717, 1.165) is 12.8 Å². The zero-order chi connectivity index (χ0) is 17.5. The van der Waals surface area contributed by atoms with Crippen molar-refractivity contribution in [3.05, 3.63) is 34.4 Å². The quantitative estimate of drug-likeness (QED) is 0.624. The molecule has 0 radical (unpaired) electrons. The summed E-state index contributed by atoms with van der Waals surface area (Å²) in [7, 11) is 1.59. The smallest absolute Gasteiger partial charge is 0.310 e. The van der Waals surface area contributed by atoms with Crippen LogP contribution in [0.5, 0.6) is 5.75 Å². The molecule has 1 N–H and O–H groups in total. The van der Waals surface area contributed by atoms with Crippen molar-refractivity contribution < 1.29 is 19.2 Å². The number of para-hydroxylation sites is 2. The van der Waals surface area contributed by atoms with Gasteiger partial charge in [0.05, 0.1) is 23.9 Å². The molecule has 1 saturated heterocycles. The van der Waals surface area contributed by atoms with Gasteiger partial charge in [0.2, 0.25) is 11.8 Å². The third-order valence-corrected chi connectivity index (χ3v) is 4.03. The molecule has 1 atom stereocenters. The van der Waals surface area contributed by atoms with Crippen LogP contribution >= 0.6 is 0 Å². The number of ether oxygens (including phenoxy) is 1. The highest BCUT2D eigenvalue weighted by Crippen LogP contribution is 2.26. The Morgan fingerprint density at radius 1 is 1.42 bits per heavy atom. The van der Waals surface area contributed by atoms with Gasteiger partial charge in [0.15, 0.2) is 5.75 Å². The van der Waals surface area contributed by atoms with Gasteiger partial charge in [0.25, 0.3) is 0 Å². The van der Waals surface area contributed by atoms with Gasteiger partial charge in [0.1, 0.15) is 0 Å². The molecule has 1 fully saturated rings. The first-order chi connectivity index (χ1) is 11.5. The number of nitro groups is 1. The Labute approximate surface area is 139 Å². The Kier molecular flexibility index (Phi) is 6.11. The topological polar surface area (TPSA) is 102 Å². The van der Waals surface area contributed by atoms with Crippen molar-refractivity contribution in [2.45, 2.75) is 19.3 Å². The minimum absolute atomic E-state index is 0.0522. The molecule has 1 aliphatic rings. The van der Waals surface area contributed by atoms with Crippen LogP contribution < -0.4 is 10.1 Å². The van der Waals surface area contributed by atoms with Crippen molar-refractivity contribution in [2.24, 2.45) is 5.92 Å². The maximum absolute atomic E-state index is 12.2. The molecule has 130 valence electrons. The number of nitrogens with one attached hydrogen (secondary N) is 1. The first kappa shape index (κ1) is 17.7. The van der Waals surface area contributed by atoms with Gasteiger partial charge in [0, 0.05) is 26.2 Å². The normalized spacial score (nSPS) is 17.2. The molecule has 8 nitrogen and oxygen atoms in total. The molecule has 1 heterocycles. The van der Waals surface area contributed by atoms with E-state index < -0.39 is 4.92 Å². The Morgan fingerprint density at radius 3 is 2.88 bits per heavy atom. The zero-order valence-electron chi connectivity index (χ0n) is 13.6. The third kappa shape index (κ3) is 4.43. The summed E-state index contributed by atoms with van der Waals surface area (Å²) in [5.41, 5.74) is -0.123. The number of hydrogen-bond acceptors (Lipinski definition) is 5. The fraction of sp³-hybridized carbons (Fsp3) is 0.500. The lowest BCUT2D eigenvalue weighted by Crippen LogP contribution is -2.45. The summed E-state index contributed by atoms with van der Waals surface area (Å²) in [4.78, 5) is 36.0. The van der Waals surface area contributed by atoms with Crippen molar-refractivity contribution in [3.8, 4) is 5.75 Å². The first-order valence-electron chi connectivity index (χ1n) is 7.88. The number of carbonyl (C=O) groups is 2. The largest absolute Gasteiger partial charge is 0.486 e. The number of carbonyl (C=O) groups excluding carboxylic acids is 2. The minimum atomic E-state index is -0.518. The number of benzene rings is 1. The van der Waals surface area contributed by atoms with Crippen molar-refractivity contribution >= 4 is 17.5 Å². The maximum Gasteiger partial charge on any atom is 0.310 e. The van der Waals surface area contributed by atoms with Crippen LogP contribution in [0.3, 0.4) is 0 Å². The molecule has 0 aliphatic carbocycles. The van der Waals surface area contributed by atoms with E-state index in [2.05, 4.69) is 5.32 Å². The number of hydrogen-bond donors (Lipinski definition) is 1. The molecule has 1 aromatic rings. The molecule has 2 rings (SSSR count). The molecule has 0 bridgehead atoms. The highest BCUT2D eigenvalue weighted by molar-refractivity contribution is 5.81. The summed E-state index contributed by atoms with van der Waals surface area (Å²) >= 11 is 0. The average molecular weight is 335 g/mol. The van der Waals surface area contributed by atoms with E-state index in [1.54, 1.807) is 24.1 Å². The summed E-state index contributed by atoms with van der Waals surface area (Å²) in [5.74, 6) is -0.188. The maximum atomic E-state index is 12.2. The minimum Gasteiger partial charge on any atom is -0.486 e. The van der Waals surface area contributed by atoms with Gasteiger partial charge in [-0.05, 0) is 18.9 Å². The molecular weight excluding hydrogens is 314 g/mol. The molecule has 8 heteroatoms. The first-order valence-corrected chi connectivity index (χ1v) is 7.88. The molecule has 24 heavy (non-hydrogen) atoms. The molecular formula is C16H21N3O5. The van der Waals surface area contributed by atoms with E-state index in [9.17, 15) is 19.7 Å². The van der Waals surface area contributed by atoms with Crippen LogP contribution in [0.25, 0.3) is 0 Å². The zero-order valence-corrected chi connectivity index (χ0v) is 13.6. The lowest BCUT2D eigenvalue weighted by atomic mass is 9.97. The summed E-state index contributed by atoms with van der Waals surface area (Å²) in [5, 5.41) is 13.5. The molecule has 1 aromatic carbocycles. The van der Waals surface area contributed by atoms with E-state index in [1.807, 2.05) is 0 Å². The van der Waals surface area contributed by atoms with Crippen LogP contribution in [0.15, 0.2) is 24.3 Å². The van der Waals surface area contributed by atoms with Crippen molar-refractivity contribution in [1.82, 2.24) is 10.2 Å². The molecule has 0 unspecified atom stereocenters. The SMILES string of the molecule is CNC(=O)[C@@H]1CCCN(C(=O)CCOc2ccccc2[N+](=O)[O-])C1. The van der Waals surface area contributed by atoms with Gasteiger partial charge in [-0.1, -0.05) is 12.1 Å². The van der Waals surface area contributed by atoms with Crippen molar-refractivity contribution in [3.63, 3.8) is 0 Å². The van der Waals surface area contributed by atoms with Crippen molar-refractivity contribution in [2.75, 3.05) is 26.7 Å². The molecule has 0 aromatic heterocycles. The molecule has 2 amide bonds. The van der Waals surface area contributed by atoms with E-state index in [0.29, 0.717) is 13.1 Å². The Bertz CT molecular complexity index is 619. The van der Waals surface area contributed by atoms with Gasteiger partial charge in [-0.2, -0.15) is 0 Å². The monoisotopic (exact) mass is 335 g/mol. The predicted octanol–water partition coefficient (Wildman–Crippen LogP) is 1.35. The molecule has 0 saturated carbocycles. The van der Waals surface area contributed by atoms with Crippen LogP contribution in [0.4, 0.5) is 5.69 Å². The van der Waals surface area contributed by atoms with Gasteiger partial charge in [-0.15, -0.1) is 0 Å². The van der Waals surface area contributed by atoms with Gasteiger partial charge < -0.3 is 15.0 Å². The van der Waals surface area contributed by atoms with E-state index >= 15 is 0 Å². The summed E-state index contributed by atoms with van der Waals surface area (Å²) < 4.78 is 5.39. The predicted molar refractivity (Wildman–Crippen MR) is 86.6 cm³/mol. The highest BCUT2D eigenvalue weighted by Gasteiger charge is 2.27. The summed E-state index contributed by atoms with van der Waals surface area (Å²) in [6, 6.07) is 6.06. The fourth-order valence-corrected chi connectivity index (χ4v) is 2.76. The highest BCUT2D eigenvalue weighted by atomic mass is 16.6. The standard InChI is InChI=1S/C16H21N3O5/c1-17-16(21)12-5-4-9-18(11-12)15(20)8-10-24-14-7-3-2-6-13(14)19(22)23/h2-3,6-7,12H,4-5,8-11H2,1H3,(H,17,21)/t12-/m1/s1. The van der Waals surface area contributed by atoms with Crippen molar-refractivity contribution in [1.29, 1.82) is 0 Å². The number of piperidine rings is 1. The Morgan fingerprint density at radius 2 is 2.17 bits per heavy atom. The summed E-state index contributed by atoms with van der Waals surface area (Å²) in [6.45, 7) is 1.09. The number of nitro benzene ring substituents is 1. The molecule has 1 aliphatic heterocycles. The Balaban J connectivity index is 1.85. The second-order valence-corrected chi connectivity index (χ2v) is 5.62. The third-order valence-electron chi connectivity index (χ3n) is 4.03. The number of rotatable bonds is 6. The van der Waals surface area contributed by atoms with E-state index in [1.165, 1.54) is 12.1 Å². The van der Waals surface area contributed by atoms with E-state index in [4.69, 9.17) is 4.74 Å². The number of nitrogens with zero attached hydrogens (tertiary/aromatic N) is 2. The lowest BCUT2D eigenvalue weighted by molar-refractivity contribution is -0.385. The number of likely N-dealkylation sites (tertiary alicyclic amines) is 1. The van der Waals surface area contributed by atoms with Gasteiger partial charge in [-0.25, -0.2) is 0 Å². The molecule has 0 spiro atoms. The van der Waals surface area contributed by atoms with Crippen LogP contribution in [-0.2, 0) is 9.59 Å². The average Bonchev–Trinajstić information content (AvgIpc) is 2.61.